The molecule has 5 nitrogen and oxygen atoms in total. The van der Waals surface area contributed by atoms with Gasteiger partial charge in [-0.1, -0.05) is 103 Å². The van der Waals surface area contributed by atoms with Crippen LogP contribution < -0.4 is 5.32 Å². The zero-order valence-electron chi connectivity index (χ0n) is 24.3. The zero-order chi connectivity index (χ0) is 30.1. The molecule has 6 rings (SSSR count). The Morgan fingerprint density at radius 2 is 1.43 bits per heavy atom. The number of thioether (sulfide) groups is 1. The molecule has 3 atom stereocenters. The van der Waals surface area contributed by atoms with E-state index >= 15 is 0 Å². The fourth-order valence-corrected chi connectivity index (χ4v) is 6.24. The number of rotatable bonds is 10. The average molecular weight is 602 g/mol. The van der Waals surface area contributed by atoms with Crippen molar-refractivity contribution >= 4 is 17.7 Å². The van der Waals surface area contributed by atoms with E-state index in [0.29, 0.717) is 12.1 Å². The Morgan fingerprint density at radius 3 is 2.16 bits per heavy atom. The summed E-state index contributed by atoms with van der Waals surface area (Å²) in [5.41, 5.74) is 6.76. The van der Waals surface area contributed by atoms with Crippen LogP contribution in [0.3, 0.4) is 0 Å². The maximum Gasteiger partial charge on any atom is 0.251 e. The first kappa shape index (κ1) is 29.9. The Bertz CT molecular complexity index is 1640. The Kier molecular flexibility index (Phi) is 9.85. The summed E-state index contributed by atoms with van der Waals surface area (Å²) in [7, 11) is 0. The van der Waals surface area contributed by atoms with E-state index in [1.165, 1.54) is 4.90 Å². The smallest absolute Gasteiger partial charge is 0.251 e. The van der Waals surface area contributed by atoms with E-state index in [1.807, 2.05) is 72.8 Å². The standard InChI is InChI=1S/C38H35NO4S/c40-25-27-14-16-30(17-15-27)36-23-34(26-44-35-12-5-2-6-13-35)42-38(43-36)32-20-18-29(19-21-32)33-11-7-8-28(22-33)24-39-37(41)31-9-3-1-4-10-31/h1-22,34,36,38,40H,23-26H2,(H,39,41)/t34-,36+,38+/m1/s1. The van der Waals surface area contributed by atoms with Crippen LogP contribution >= 0.6 is 11.8 Å². The van der Waals surface area contributed by atoms with Crippen molar-refractivity contribution in [1.29, 1.82) is 0 Å². The van der Waals surface area contributed by atoms with E-state index in [1.54, 1.807) is 11.8 Å². The van der Waals surface area contributed by atoms with E-state index in [0.717, 1.165) is 45.6 Å². The highest BCUT2D eigenvalue weighted by molar-refractivity contribution is 7.99. The lowest BCUT2D eigenvalue weighted by Gasteiger charge is -2.36. The van der Waals surface area contributed by atoms with Crippen molar-refractivity contribution in [2.75, 3.05) is 5.75 Å². The summed E-state index contributed by atoms with van der Waals surface area (Å²) in [5.74, 6) is 0.733. The molecule has 1 fully saturated rings. The van der Waals surface area contributed by atoms with E-state index in [2.05, 4.69) is 66.0 Å². The Hall–Kier alpha value is -4.20. The normalized spacial score (nSPS) is 18.1. The van der Waals surface area contributed by atoms with Gasteiger partial charge in [-0.25, -0.2) is 0 Å². The third-order valence-corrected chi connectivity index (χ3v) is 8.87. The van der Waals surface area contributed by atoms with Gasteiger partial charge in [0, 0.05) is 34.7 Å². The molecular weight excluding hydrogens is 566 g/mol. The number of amides is 1. The van der Waals surface area contributed by atoms with Crippen LogP contribution in [0, 0.1) is 0 Å². The molecule has 1 aliphatic rings. The molecule has 0 aliphatic carbocycles. The van der Waals surface area contributed by atoms with Gasteiger partial charge in [0.15, 0.2) is 6.29 Å². The monoisotopic (exact) mass is 601 g/mol. The van der Waals surface area contributed by atoms with Crippen LogP contribution in [0.1, 0.15) is 51.4 Å². The van der Waals surface area contributed by atoms with Crippen LogP contribution in [-0.2, 0) is 22.6 Å². The summed E-state index contributed by atoms with van der Waals surface area (Å²) in [6, 6.07) is 44.2. The molecule has 0 bridgehead atoms. The minimum atomic E-state index is -0.499. The van der Waals surface area contributed by atoms with Gasteiger partial charge >= 0.3 is 0 Å². The Morgan fingerprint density at radius 1 is 0.727 bits per heavy atom. The van der Waals surface area contributed by atoms with Crippen LogP contribution in [0.5, 0.6) is 0 Å². The number of ether oxygens (including phenoxy) is 2. The van der Waals surface area contributed by atoms with Crippen LogP contribution in [0.2, 0.25) is 0 Å². The average Bonchev–Trinajstić information content (AvgIpc) is 3.10. The number of hydrogen-bond acceptors (Lipinski definition) is 5. The molecule has 0 radical (unpaired) electrons. The maximum atomic E-state index is 12.5. The minimum Gasteiger partial charge on any atom is -0.392 e. The first-order chi connectivity index (χ1) is 21.6. The Labute approximate surface area is 262 Å². The third-order valence-electron chi connectivity index (χ3n) is 7.73. The van der Waals surface area contributed by atoms with Gasteiger partial charge in [0.1, 0.15) is 0 Å². The molecule has 6 heteroatoms. The van der Waals surface area contributed by atoms with Gasteiger partial charge in [-0.3, -0.25) is 4.79 Å². The molecule has 0 saturated carbocycles. The second-order valence-electron chi connectivity index (χ2n) is 10.8. The molecule has 5 aromatic rings. The predicted octanol–water partition coefficient (Wildman–Crippen LogP) is 8.11. The Balaban J connectivity index is 1.15. The van der Waals surface area contributed by atoms with Crippen LogP contribution in [0.15, 0.2) is 138 Å². The molecule has 0 unspecified atom stereocenters. The summed E-state index contributed by atoms with van der Waals surface area (Å²) >= 11 is 1.79. The van der Waals surface area contributed by atoms with E-state index in [-0.39, 0.29) is 24.7 Å². The van der Waals surface area contributed by atoms with Crippen molar-refractivity contribution in [3.05, 3.63) is 161 Å². The number of aliphatic hydroxyl groups is 1. The number of hydrogen-bond donors (Lipinski definition) is 2. The molecule has 2 N–H and O–H groups in total. The van der Waals surface area contributed by atoms with Gasteiger partial charge in [-0.05, 0) is 58.1 Å². The molecule has 1 heterocycles. The maximum absolute atomic E-state index is 12.5. The number of aliphatic hydroxyl groups excluding tert-OH is 1. The number of benzene rings is 5. The van der Waals surface area contributed by atoms with Crippen molar-refractivity contribution in [3.8, 4) is 11.1 Å². The highest BCUT2D eigenvalue weighted by atomic mass is 32.2. The van der Waals surface area contributed by atoms with E-state index in [4.69, 9.17) is 9.47 Å². The van der Waals surface area contributed by atoms with Gasteiger partial charge in [-0.15, -0.1) is 11.8 Å². The fourth-order valence-electron chi connectivity index (χ4n) is 5.30. The minimum absolute atomic E-state index is 0.00364. The molecule has 44 heavy (non-hydrogen) atoms. The molecule has 0 spiro atoms. The molecule has 5 aromatic carbocycles. The highest BCUT2D eigenvalue weighted by Gasteiger charge is 2.32. The number of nitrogens with one attached hydrogen (secondary N) is 1. The van der Waals surface area contributed by atoms with Gasteiger partial charge in [0.25, 0.3) is 5.91 Å². The topological polar surface area (TPSA) is 67.8 Å². The predicted molar refractivity (Wildman–Crippen MR) is 175 cm³/mol. The molecule has 0 aromatic heterocycles. The lowest BCUT2D eigenvalue weighted by Crippen LogP contribution is -2.31. The van der Waals surface area contributed by atoms with Gasteiger partial charge in [0.05, 0.1) is 18.8 Å². The third kappa shape index (κ3) is 7.65. The number of carbonyl (C=O) groups is 1. The van der Waals surface area contributed by atoms with Crippen molar-refractivity contribution in [2.45, 2.75) is 43.0 Å². The first-order valence-corrected chi connectivity index (χ1v) is 15.8. The summed E-state index contributed by atoms with van der Waals surface area (Å²) in [6.45, 7) is 0.470. The molecule has 222 valence electrons. The molecule has 1 amide bonds. The molecular formula is C38H35NO4S. The van der Waals surface area contributed by atoms with Crippen LogP contribution in [0.4, 0.5) is 0 Å². The zero-order valence-corrected chi connectivity index (χ0v) is 25.2. The van der Waals surface area contributed by atoms with Crippen molar-refractivity contribution < 1.29 is 19.4 Å². The fraction of sp³-hybridized carbons (Fsp3) is 0.184. The van der Waals surface area contributed by atoms with Gasteiger partial charge in [-0.2, -0.15) is 0 Å². The van der Waals surface area contributed by atoms with Crippen LogP contribution in [0.25, 0.3) is 11.1 Å². The summed E-state index contributed by atoms with van der Waals surface area (Å²) < 4.78 is 13.1. The van der Waals surface area contributed by atoms with Gasteiger partial charge < -0.3 is 19.9 Å². The second kappa shape index (κ2) is 14.5. The van der Waals surface area contributed by atoms with Crippen molar-refractivity contribution in [1.82, 2.24) is 5.32 Å². The van der Waals surface area contributed by atoms with Crippen molar-refractivity contribution in [3.63, 3.8) is 0 Å². The lowest BCUT2D eigenvalue weighted by atomic mass is 9.99. The quantitative estimate of drug-likeness (QED) is 0.158. The largest absolute Gasteiger partial charge is 0.392 e. The van der Waals surface area contributed by atoms with Crippen molar-refractivity contribution in [2.24, 2.45) is 0 Å². The summed E-state index contributed by atoms with van der Waals surface area (Å²) in [5, 5.41) is 12.5. The van der Waals surface area contributed by atoms with Gasteiger partial charge in [0.2, 0.25) is 0 Å². The SMILES string of the molecule is O=C(NCc1cccc(-c2ccc([C@H]3O[C@@H](CSc4ccccc4)C[C@@H](c4ccc(CO)cc4)O3)cc2)c1)c1ccccc1. The second-order valence-corrected chi connectivity index (χ2v) is 11.9. The lowest BCUT2D eigenvalue weighted by molar-refractivity contribution is -0.245. The first-order valence-electron chi connectivity index (χ1n) is 14.9. The van der Waals surface area contributed by atoms with E-state index < -0.39 is 6.29 Å². The highest BCUT2D eigenvalue weighted by Crippen LogP contribution is 2.40. The van der Waals surface area contributed by atoms with Crippen LogP contribution in [-0.4, -0.2) is 22.9 Å². The van der Waals surface area contributed by atoms with E-state index in [9.17, 15) is 9.90 Å². The summed E-state index contributed by atoms with van der Waals surface area (Å²) in [4.78, 5) is 13.7. The summed E-state index contributed by atoms with van der Waals surface area (Å²) in [6.07, 6.45) is 0.135. The molecule has 1 saturated heterocycles. The molecule has 1 aliphatic heterocycles. The number of carbonyl (C=O) groups excluding carboxylic acids is 1.